The van der Waals surface area contributed by atoms with Crippen molar-refractivity contribution in [1.29, 1.82) is 0 Å². The highest BCUT2D eigenvalue weighted by Crippen LogP contribution is 2.16. The maximum absolute atomic E-state index is 11.0. The SMILES string of the molecule is COCC[C@@H]1CCCCC(=O)O1. The number of esters is 1. The number of cyclic esters (lactones) is 1. The number of carbonyl (C=O) groups excluding carboxylic acids is 1. The minimum atomic E-state index is -0.0476. The average Bonchev–Trinajstić information content (AvgIpc) is 2.26. The van der Waals surface area contributed by atoms with E-state index in [4.69, 9.17) is 9.47 Å². The predicted octanol–water partition coefficient (Wildman–Crippen LogP) is 1.51. The van der Waals surface area contributed by atoms with Crippen LogP contribution in [0.4, 0.5) is 0 Å². The van der Waals surface area contributed by atoms with Crippen LogP contribution < -0.4 is 0 Å². The molecule has 1 fully saturated rings. The molecule has 1 aliphatic rings. The van der Waals surface area contributed by atoms with Gasteiger partial charge in [0.25, 0.3) is 0 Å². The molecule has 0 amide bonds. The van der Waals surface area contributed by atoms with Crippen LogP contribution in [0.3, 0.4) is 0 Å². The van der Waals surface area contributed by atoms with Gasteiger partial charge < -0.3 is 9.47 Å². The van der Waals surface area contributed by atoms with Crippen LogP contribution in [0, 0.1) is 0 Å². The quantitative estimate of drug-likeness (QED) is 0.605. The van der Waals surface area contributed by atoms with Crippen molar-refractivity contribution in [3.63, 3.8) is 0 Å². The van der Waals surface area contributed by atoms with Crippen molar-refractivity contribution < 1.29 is 14.3 Å². The Morgan fingerprint density at radius 3 is 3.17 bits per heavy atom. The van der Waals surface area contributed by atoms with Gasteiger partial charge in [0.2, 0.25) is 0 Å². The van der Waals surface area contributed by atoms with Crippen molar-refractivity contribution >= 4 is 5.97 Å². The first kappa shape index (κ1) is 9.52. The molecule has 1 rings (SSSR count). The highest BCUT2D eigenvalue weighted by Gasteiger charge is 2.17. The van der Waals surface area contributed by atoms with E-state index in [0.717, 1.165) is 25.7 Å². The summed E-state index contributed by atoms with van der Waals surface area (Å²) in [5, 5.41) is 0. The molecular formula is C9H16O3. The van der Waals surface area contributed by atoms with Crippen molar-refractivity contribution in [3.05, 3.63) is 0 Å². The fraction of sp³-hybridized carbons (Fsp3) is 0.889. The lowest BCUT2D eigenvalue weighted by Crippen LogP contribution is -2.17. The highest BCUT2D eigenvalue weighted by molar-refractivity contribution is 5.69. The number of methoxy groups -OCH3 is 1. The van der Waals surface area contributed by atoms with E-state index in [1.165, 1.54) is 0 Å². The molecule has 70 valence electrons. The number of hydrogen-bond donors (Lipinski definition) is 0. The predicted molar refractivity (Wildman–Crippen MR) is 44.8 cm³/mol. The molecule has 3 nitrogen and oxygen atoms in total. The molecule has 1 heterocycles. The maximum atomic E-state index is 11.0. The van der Waals surface area contributed by atoms with Gasteiger partial charge in [0.05, 0.1) is 0 Å². The summed E-state index contributed by atoms with van der Waals surface area (Å²) in [5.41, 5.74) is 0. The van der Waals surface area contributed by atoms with E-state index in [1.54, 1.807) is 7.11 Å². The summed E-state index contributed by atoms with van der Waals surface area (Å²) in [6.45, 7) is 0.679. The lowest BCUT2D eigenvalue weighted by atomic mass is 10.1. The molecule has 1 atom stereocenters. The van der Waals surface area contributed by atoms with Gasteiger partial charge in [-0.15, -0.1) is 0 Å². The van der Waals surface area contributed by atoms with Crippen LogP contribution in [-0.4, -0.2) is 25.8 Å². The van der Waals surface area contributed by atoms with Gasteiger partial charge in [-0.1, -0.05) is 0 Å². The lowest BCUT2D eigenvalue weighted by molar-refractivity contribution is -0.148. The van der Waals surface area contributed by atoms with Gasteiger partial charge in [-0.05, 0) is 19.3 Å². The van der Waals surface area contributed by atoms with Gasteiger partial charge in [0.15, 0.2) is 0 Å². The Hall–Kier alpha value is -0.570. The molecule has 0 aromatic carbocycles. The third-order valence-corrected chi connectivity index (χ3v) is 2.10. The first-order valence-corrected chi connectivity index (χ1v) is 4.51. The minimum absolute atomic E-state index is 0.0476. The molecule has 1 aliphatic heterocycles. The topological polar surface area (TPSA) is 35.5 Å². The van der Waals surface area contributed by atoms with Crippen molar-refractivity contribution in [2.24, 2.45) is 0 Å². The lowest BCUT2D eigenvalue weighted by Gasteiger charge is -2.13. The van der Waals surface area contributed by atoms with E-state index in [-0.39, 0.29) is 12.1 Å². The number of ether oxygens (including phenoxy) is 2. The van der Waals surface area contributed by atoms with Gasteiger partial charge in [0, 0.05) is 26.6 Å². The second-order valence-electron chi connectivity index (χ2n) is 3.14. The second-order valence-corrected chi connectivity index (χ2v) is 3.14. The Morgan fingerprint density at radius 2 is 2.42 bits per heavy atom. The van der Waals surface area contributed by atoms with Crippen LogP contribution in [0.1, 0.15) is 32.1 Å². The zero-order valence-corrected chi connectivity index (χ0v) is 7.54. The van der Waals surface area contributed by atoms with E-state index >= 15 is 0 Å². The first-order valence-electron chi connectivity index (χ1n) is 4.51. The van der Waals surface area contributed by atoms with Crippen molar-refractivity contribution in [3.8, 4) is 0 Å². The Bertz CT molecular complexity index is 145. The fourth-order valence-electron chi connectivity index (χ4n) is 1.40. The molecule has 0 N–H and O–H groups in total. The summed E-state index contributed by atoms with van der Waals surface area (Å²) < 4.78 is 10.1. The van der Waals surface area contributed by atoms with Crippen LogP contribution in [0.25, 0.3) is 0 Å². The maximum Gasteiger partial charge on any atom is 0.306 e. The molecule has 0 radical (unpaired) electrons. The molecule has 0 aliphatic carbocycles. The van der Waals surface area contributed by atoms with Crippen molar-refractivity contribution in [2.45, 2.75) is 38.2 Å². The molecule has 12 heavy (non-hydrogen) atoms. The molecule has 0 saturated carbocycles. The summed E-state index contributed by atoms with van der Waals surface area (Å²) in [5.74, 6) is -0.0476. The van der Waals surface area contributed by atoms with Crippen molar-refractivity contribution in [1.82, 2.24) is 0 Å². The van der Waals surface area contributed by atoms with Crippen LogP contribution in [0.2, 0.25) is 0 Å². The van der Waals surface area contributed by atoms with Crippen LogP contribution >= 0.6 is 0 Å². The zero-order valence-electron chi connectivity index (χ0n) is 7.54. The standard InChI is InChI=1S/C9H16O3/c1-11-7-6-8-4-2-3-5-9(10)12-8/h8H,2-7H2,1H3/t8-/m0/s1. The summed E-state index contributed by atoms with van der Waals surface area (Å²) in [6, 6.07) is 0. The molecule has 0 unspecified atom stereocenters. The van der Waals surface area contributed by atoms with Crippen LogP contribution in [0.5, 0.6) is 0 Å². The van der Waals surface area contributed by atoms with E-state index in [0.29, 0.717) is 13.0 Å². The Morgan fingerprint density at radius 1 is 1.58 bits per heavy atom. The zero-order chi connectivity index (χ0) is 8.81. The third-order valence-electron chi connectivity index (χ3n) is 2.10. The molecule has 0 bridgehead atoms. The Kier molecular flexibility index (Phi) is 4.08. The third kappa shape index (κ3) is 3.22. The number of hydrogen-bond acceptors (Lipinski definition) is 3. The second kappa shape index (κ2) is 5.14. The monoisotopic (exact) mass is 172 g/mol. The van der Waals surface area contributed by atoms with E-state index in [1.807, 2.05) is 0 Å². The Labute approximate surface area is 73.0 Å². The van der Waals surface area contributed by atoms with Gasteiger partial charge >= 0.3 is 5.97 Å². The normalized spacial score (nSPS) is 24.8. The highest BCUT2D eigenvalue weighted by atomic mass is 16.5. The average molecular weight is 172 g/mol. The molecule has 0 spiro atoms. The molecule has 0 aromatic heterocycles. The van der Waals surface area contributed by atoms with E-state index < -0.39 is 0 Å². The molecule has 3 heteroatoms. The largest absolute Gasteiger partial charge is 0.462 e. The van der Waals surface area contributed by atoms with Crippen LogP contribution in [-0.2, 0) is 14.3 Å². The smallest absolute Gasteiger partial charge is 0.306 e. The van der Waals surface area contributed by atoms with Gasteiger partial charge in [-0.3, -0.25) is 4.79 Å². The summed E-state index contributed by atoms with van der Waals surface area (Å²) in [7, 11) is 1.67. The number of rotatable bonds is 3. The summed E-state index contributed by atoms with van der Waals surface area (Å²) in [4.78, 5) is 11.0. The first-order chi connectivity index (χ1) is 5.83. The van der Waals surface area contributed by atoms with Gasteiger partial charge in [0.1, 0.15) is 6.10 Å². The minimum Gasteiger partial charge on any atom is -0.462 e. The number of carbonyl (C=O) groups is 1. The van der Waals surface area contributed by atoms with E-state index in [2.05, 4.69) is 0 Å². The van der Waals surface area contributed by atoms with Crippen LogP contribution in [0.15, 0.2) is 0 Å². The summed E-state index contributed by atoms with van der Waals surface area (Å²) >= 11 is 0. The Balaban J connectivity index is 2.26. The van der Waals surface area contributed by atoms with Gasteiger partial charge in [-0.25, -0.2) is 0 Å². The van der Waals surface area contributed by atoms with Gasteiger partial charge in [-0.2, -0.15) is 0 Å². The van der Waals surface area contributed by atoms with Crippen molar-refractivity contribution in [2.75, 3.05) is 13.7 Å². The summed E-state index contributed by atoms with van der Waals surface area (Å²) in [6.07, 6.45) is 4.59. The molecule has 1 saturated heterocycles. The molecular weight excluding hydrogens is 156 g/mol. The molecule has 0 aromatic rings. The van der Waals surface area contributed by atoms with E-state index in [9.17, 15) is 4.79 Å². The fourth-order valence-corrected chi connectivity index (χ4v) is 1.40.